The molecule has 8 aliphatic carbocycles. The van der Waals surface area contributed by atoms with E-state index in [1.165, 1.54) is 111 Å². The van der Waals surface area contributed by atoms with Gasteiger partial charge in [0.25, 0.3) is 0 Å². The fourth-order valence-electron chi connectivity index (χ4n) is 14.5. The number of ether oxygens (including phenoxy) is 2. The van der Waals surface area contributed by atoms with Crippen LogP contribution in [0.25, 0.3) is 28.0 Å². The van der Waals surface area contributed by atoms with Crippen molar-refractivity contribution in [1.82, 2.24) is 0 Å². The zero-order chi connectivity index (χ0) is 45.7. The summed E-state index contributed by atoms with van der Waals surface area (Å²) in [6.45, 7) is 14.4. The van der Waals surface area contributed by atoms with Crippen molar-refractivity contribution < 1.29 is 42.9 Å². The van der Waals surface area contributed by atoms with Gasteiger partial charge in [-0.15, -0.1) is 5.69 Å². The van der Waals surface area contributed by atoms with Crippen molar-refractivity contribution in [3.63, 3.8) is 0 Å². The van der Waals surface area contributed by atoms with Gasteiger partial charge in [-0.2, -0.15) is 0 Å². The van der Waals surface area contributed by atoms with Crippen LogP contribution in [-0.2, 0) is 30.5 Å². The molecule has 353 valence electrons. The van der Waals surface area contributed by atoms with Crippen LogP contribution in [-0.4, -0.2) is 43.8 Å². The van der Waals surface area contributed by atoms with Crippen LogP contribution in [0.3, 0.4) is 0 Å². The van der Waals surface area contributed by atoms with Gasteiger partial charge in [0.2, 0.25) is 0 Å². The molecule has 8 fully saturated rings. The minimum Gasteiger partial charge on any atom is -0.748 e. The van der Waals surface area contributed by atoms with Gasteiger partial charge in [0.1, 0.15) is 11.5 Å². The van der Waals surface area contributed by atoms with Crippen molar-refractivity contribution in [3.05, 3.63) is 101 Å². The van der Waals surface area contributed by atoms with Gasteiger partial charge >= 0.3 is 20.4 Å². The van der Waals surface area contributed by atoms with Gasteiger partial charge in [-0.1, -0.05) is 110 Å². The van der Waals surface area contributed by atoms with Crippen molar-refractivity contribution in [3.8, 4) is 33.8 Å². The molecule has 8 aliphatic rings. The van der Waals surface area contributed by atoms with E-state index in [2.05, 4.69) is 71.9 Å². The average molecular weight is 1010 g/mol. The van der Waals surface area contributed by atoms with Crippen LogP contribution in [0, 0.1) is 41.6 Å². The first-order chi connectivity index (χ1) is 30.4. The third kappa shape index (κ3) is 10.5. The van der Waals surface area contributed by atoms with Crippen LogP contribution in [0.2, 0.25) is 0 Å². The summed E-state index contributed by atoms with van der Waals surface area (Å²) >= 11 is 0. The quantitative estimate of drug-likeness (QED) is 0.0895. The van der Waals surface area contributed by atoms with E-state index in [0.717, 1.165) is 52.4 Å². The van der Waals surface area contributed by atoms with Crippen LogP contribution in [0.4, 0.5) is 5.69 Å². The predicted molar refractivity (Wildman–Crippen MR) is 266 cm³/mol. The van der Waals surface area contributed by atoms with E-state index < -0.39 is 18.0 Å². The van der Waals surface area contributed by atoms with Crippen LogP contribution < -0.4 is 14.8 Å². The van der Waals surface area contributed by atoms with Gasteiger partial charge in [0, 0.05) is 17.1 Å². The van der Waals surface area contributed by atoms with E-state index in [9.17, 15) is 0 Å². The van der Waals surface area contributed by atoms with Gasteiger partial charge in [-0.05, 0) is 192 Å². The molecule has 0 aliphatic heterocycles. The van der Waals surface area contributed by atoms with Crippen molar-refractivity contribution in [1.29, 1.82) is 0 Å². The second kappa shape index (κ2) is 20.1. The largest absolute Gasteiger partial charge is 2.00 e. The molecule has 0 atom stereocenters. The van der Waals surface area contributed by atoms with E-state index >= 15 is 0 Å². The third-order valence-electron chi connectivity index (χ3n) is 16.0. The van der Waals surface area contributed by atoms with Crippen molar-refractivity contribution in [2.45, 2.75) is 147 Å². The molecule has 4 aromatic carbocycles. The van der Waals surface area contributed by atoms with E-state index in [-0.39, 0.29) is 20.4 Å². The standard InChI is InChI=1S/C43H61O2P.C12H9N.CH4O3S.Pd/c1-25(2)34-17-35(26(3)4)39(36(18-34)27(5)6)40-37(44-7)9-10-38(45-8)41(40)46(42-19-28-11-29(20-42)13-30(12-28)21-42)43-22-31-14-32(23-43)16-33(15-31)24-43;13-12-9-5-4-8-11(12)10-6-2-1-3-7-10;1-5(2,3)4;/h9-10,17-18,25-33H,11-16,19-24H2,1-8H3;1-6,8-9,13H;1H3,(H,2,3,4);/q;-1;;+2/p-1. The Morgan fingerprint density at radius 2 is 1.06 bits per heavy atom. The number of hydrogen-bond donors (Lipinski definition) is 0. The third-order valence-corrected chi connectivity index (χ3v) is 19.9. The molecule has 0 amide bonds. The van der Waals surface area contributed by atoms with Gasteiger partial charge in [0.15, 0.2) is 0 Å². The summed E-state index contributed by atoms with van der Waals surface area (Å²) in [5.74, 6) is 9.33. The Morgan fingerprint density at radius 3 is 1.43 bits per heavy atom. The van der Waals surface area contributed by atoms with Crippen LogP contribution in [0.1, 0.15) is 153 Å². The topological polar surface area (TPSA) is 99.5 Å². The Morgan fingerprint density at radius 1 is 0.646 bits per heavy atom. The molecule has 0 aromatic heterocycles. The van der Waals surface area contributed by atoms with Crippen LogP contribution in [0.15, 0.2) is 72.8 Å². The van der Waals surface area contributed by atoms with Gasteiger partial charge in [-0.25, -0.2) is 8.42 Å². The molecule has 65 heavy (non-hydrogen) atoms. The predicted octanol–water partition coefficient (Wildman–Crippen LogP) is 14.8. The SMILES string of the molecule is COc1ccc(OC)c(P(C23CC4CC(CC(C4)C2)C3)C23CC4CC(CC(C4)C2)C3)c1-c1c(C(C)C)cc(C(C)C)cc1C(C)C.CS(=O)(=O)[O-].[NH-]c1ccccc1-c1[c]cccc1.[Pd+2]. The second-order valence-corrected chi connectivity index (χ2v) is 26.3. The fourth-order valence-corrected chi connectivity index (χ4v) is 20.0. The first-order valence-corrected chi connectivity index (χ1v) is 27.5. The molecule has 12 rings (SSSR count). The average Bonchev–Trinajstić information content (AvgIpc) is 3.22. The first-order valence-electron chi connectivity index (χ1n) is 24.3. The zero-order valence-electron chi connectivity index (χ0n) is 40.3. The van der Waals surface area contributed by atoms with Crippen LogP contribution in [0.5, 0.6) is 11.5 Å². The van der Waals surface area contributed by atoms with Gasteiger partial charge in [0.05, 0.1) is 24.3 Å². The van der Waals surface area contributed by atoms with Gasteiger partial charge < -0.3 is 19.8 Å². The second-order valence-electron chi connectivity index (χ2n) is 21.9. The normalized spacial score (nSPS) is 28.6. The molecule has 0 saturated heterocycles. The summed E-state index contributed by atoms with van der Waals surface area (Å²) in [6, 6.07) is 28.1. The van der Waals surface area contributed by atoms with Gasteiger partial charge in [-0.3, -0.25) is 0 Å². The number of methoxy groups -OCH3 is 2. The van der Waals surface area contributed by atoms with Crippen molar-refractivity contribution in [2.75, 3.05) is 20.5 Å². The molecular weight excluding hydrogens is 936 g/mol. The smallest absolute Gasteiger partial charge is 0.748 e. The minimum atomic E-state index is -3.92. The molecule has 6 nitrogen and oxygen atoms in total. The molecule has 0 unspecified atom stereocenters. The molecule has 4 aromatic rings. The number of hydrogen-bond acceptors (Lipinski definition) is 5. The Balaban J connectivity index is 0.000000277. The van der Waals surface area contributed by atoms with E-state index in [1.807, 2.05) is 56.7 Å². The molecule has 1 N–H and O–H groups in total. The Labute approximate surface area is 407 Å². The summed E-state index contributed by atoms with van der Waals surface area (Å²) in [4.78, 5) is 0. The molecular formula is C56H73NO5PPdS. The number of nitrogens with one attached hydrogen (secondary N) is 1. The summed E-state index contributed by atoms with van der Waals surface area (Å²) < 4.78 is 40.4. The zero-order valence-corrected chi connectivity index (χ0v) is 43.6. The maximum Gasteiger partial charge on any atom is 2.00 e. The maximum atomic E-state index is 9.08. The minimum absolute atomic E-state index is 0. The summed E-state index contributed by atoms with van der Waals surface area (Å²) in [5.41, 5.74) is 17.6. The number of benzene rings is 4. The Hall–Kier alpha value is -2.72. The molecule has 0 heterocycles. The van der Waals surface area contributed by atoms with E-state index in [4.69, 9.17) is 28.2 Å². The molecule has 0 spiro atoms. The maximum absolute atomic E-state index is 9.08. The van der Waals surface area contributed by atoms with E-state index in [1.54, 1.807) is 11.4 Å². The Kier molecular flexibility index (Phi) is 15.5. The first kappa shape index (κ1) is 50.2. The summed E-state index contributed by atoms with van der Waals surface area (Å²) in [6.07, 6.45) is 18.5. The monoisotopic (exact) mass is 1010 g/mol. The summed E-state index contributed by atoms with van der Waals surface area (Å²) in [5, 5.41) is 2.54. The molecule has 8 saturated carbocycles. The van der Waals surface area contributed by atoms with Crippen LogP contribution >= 0.6 is 7.92 Å². The van der Waals surface area contributed by atoms with Crippen molar-refractivity contribution in [2.24, 2.45) is 35.5 Å². The Bertz CT molecular complexity index is 2240. The molecule has 9 heteroatoms. The fraction of sp³-hybridized carbons (Fsp3) is 0.571. The summed E-state index contributed by atoms with van der Waals surface area (Å²) in [7, 11) is -0.503. The molecule has 1 radical (unpaired) electrons. The van der Waals surface area contributed by atoms with E-state index in [0.29, 0.717) is 40.0 Å². The number of rotatable bonds is 10. The molecule has 8 bridgehead atoms. The van der Waals surface area contributed by atoms with Crippen molar-refractivity contribution >= 4 is 29.0 Å².